The van der Waals surface area contributed by atoms with Crippen LogP contribution in [0.3, 0.4) is 0 Å². The fourth-order valence-corrected chi connectivity index (χ4v) is 0.895. The van der Waals surface area contributed by atoms with Crippen molar-refractivity contribution in [2.24, 2.45) is 0 Å². The molecule has 0 aliphatic carbocycles. The molecule has 1 N–H and O–H groups in total. The quantitative estimate of drug-likeness (QED) is 0.634. The highest BCUT2D eigenvalue weighted by molar-refractivity contribution is 5.05. The van der Waals surface area contributed by atoms with Crippen molar-refractivity contribution in [3.05, 3.63) is 36.7 Å². The van der Waals surface area contributed by atoms with Gasteiger partial charge >= 0.3 is 0 Å². The fourth-order valence-electron chi connectivity index (χ4n) is 0.895. The summed E-state index contributed by atoms with van der Waals surface area (Å²) in [6.07, 6.45) is 6.39. The molecule has 0 fully saturated rings. The molecule has 1 aliphatic rings. The number of ether oxygens (including phenoxy) is 1. The van der Waals surface area contributed by atoms with Crippen molar-refractivity contribution in [3.8, 4) is 0 Å². The summed E-state index contributed by atoms with van der Waals surface area (Å²) < 4.78 is 5.16. The highest BCUT2D eigenvalue weighted by Crippen LogP contribution is 2.14. The smallest absolute Gasteiger partial charge is 0.212 e. The summed E-state index contributed by atoms with van der Waals surface area (Å²) in [4.78, 5) is 7.82. The van der Waals surface area contributed by atoms with Gasteiger partial charge in [0.2, 0.25) is 6.23 Å². The third-order valence-electron chi connectivity index (χ3n) is 1.40. The largest absolute Gasteiger partial charge is 0.471 e. The average Bonchev–Trinajstić information content (AvgIpc) is 2.58. The Labute approximate surface area is 63.9 Å². The van der Waals surface area contributed by atoms with Crippen molar-refractivity contribution in [3.63, 3.8) is 0 Å². The summed E-state index contributed by atoms with van der Waals surface area (Å²) in [7, 11) is 0. The standard InChI is InChI=1S/C7H7N3O/c1-2-8-5-10-6(1)7-9-3-4-11-7/h1-5,7,9H. The zero-order chi connectivity index (χ0) is 7.52. The van der Waals surface area contributed by atoms with Crippen molar-refractivity contribution in [1.82, 2.24) is 15.3 Å². The van der Waals surface area contributed by atoms with E-state index in [1.165, 1.54) is 6.33 Å². The molecule has 0 saturated carbocycles. The Hall–Kier alpha value is -1.58. The number of nitrogens with zero attached hydrogens (tertiary/aromatic N) is 2. The van der Waals surface area contributed by atoms with E-state index < -0.39 is 0 Å². The Kier molecular flexibility index (Phi) is 1.44. The van der Waals surface area contributed by atoms with Gasteiger partial charge in [0.05, 0.1) is 0 Å². The zero-order valence-corrected chi connectivity index (χ0v) is 5.77. The number of hydrogen-bond donors (Lipinski definition) is 1. The van der Waals surface area contributed by atoms with Gasteiger partial charge in [-0.25, -0.2) is 9.97 Å². The van der Waals surface area contributed by atoms with Gasteiger partial charge in [0.15, 0.2) is 0 Å². The highest BCUT2D eigenvalue weighted by atomic mass is 16.5. The molecule has 0 saturated heterocycles. The molecule has 0 amide bonds. The van der Waals surface area contributed by atoms with Crippen LogP contribution in [-0.2, 0) is 4.74 Å². The van der Waals surface area contributed by atoms with Gasteiger partial charge in [0.1, 0.15) is 18.3 Å². The van der Waals surface area contributed by atoms with Crippen LogP contribution in [0, 0.1) is 0 Å². The predicted octanol–water partition coefficient (Wildman–Crippen LogP) is 0.566. The SMILES string of the molecule is C1=COC(c2ccncn2)N1. The molecule has 0 aromatic carbocycles. The molecule has 1 aliphatic heterocycles. The lowest BCUT2D eigenvalue weighted by Gasteiger charge is -2.08. The molecular formula is C7H7N3O. The van der Waals surface area contributed by atoms with Crippen LogP contribution in [0.2, 0.25) is 0 Å². The summed E-state index contributed by atoms with van der Waals surface area (Å²) in [5.74, 6) is 0. The molecule has 1 unspecified atom stereocenters. The minimum absolute atomic E-state index is 0.141. The van der Waals surface area contributed by atoms with Crippen LogP contribution in [-0.4, -0.2) is 9.97 Å². The van der Waals surface area contributed by atoms with Gasteiger partial charge in [-0.05, 0) is 6.07 Å². The van der Waals surface area contributed by atoms with Crippen molar-refractivity contribution in [2.45, 2.75) is 6.23 Å². The lowest BCUT2D eigenvalue weighted by molar-refractivity contribution is 0.150. The summed E-state index contributed by atoms with van der Waals surface area (Å²) >= 11 is 0. The first-order valence-corrected chi connectivity index (χ1v) is 3.29. The Morgan fingerprint density at radius 2 is 2.55 bits per heavy atom. The Morgan fingerprint density at radius 3 is 3.18 bits per heavy atom. The average molecular weight is 149 g/mol. The second-order valence-corrected chi connectivity index (χ2v) is 2.12. The Morgan fingerprint density at radius 1 is 1.55 bits per heavy atom. The predicted molar refractivity (Wildman–Crippen MR) is 38.1 cm³/mol. The Balaban J connectivity index is 2.17. The molecule has 0 bridgehead atoms. The first-order chi connectivity index (χ1) is 5.47. The van der Waals surface area contributed by atoms with E-state index in [0.717, 1.165) is 5.69 Å². The molecule has 1 aromatic rings. The van der Waals surface area contributed by atoms with E-state index >= 15 is 0 Å². The van der Waals surface area contributed by atoms with E-state index in [1.807, 2.05) is 6.07 Å². The van der Waals surface area contributed by atoms with Crippen LogP contribution in [0.15, 0.2) is 31.1 Å². The van der Waals surface area contributed by atoms with Gasteiger partial charge in [-0.3, -0.25) is 0 Å². The van der Waals surface area contributed by atoms with Gasteiger partial charge in [-0.2, -0.15) is 0 Å². The van der Waals surface area contributed by atoms with E-state index in [1.54, 1.807) is 18.7 Å². The molecule has 4 heteroatoms. The third-order valence-corrected chi connectivity index (χ3v) is 1.40. The van der Waals surface area contributed by atoms with Gasteiger partial charge < -0.3 is 10.1 Å². The summed E-state index contributed by atoms with van der Waals surface area (Å²) in [5, 5.41) is 2.98. The molecule has 0 spiro atoms. The second kappa shape index (κ2) is 2.57. The Bertz CT molecular complexity index is 252. The van der Waals surface area contributed by atoms with E-state index in [2.05, 4.69) is 15.3 Å². The van der Waals surface area contributed by atoms with E-state index in [0.29, 0.717) is 0 Å². The number of nitrogens with one attached hydrogen (secondary N) is 1. The van der Waals surface area contributed by atoms with Gasteiger partial charge in [0.25, 0.3) is 0 Å². The minimum atomic E-state index is -0.141. The number of aromatic nitrogens is 2. The van der Waals surface area contributed by atoms with Crippen molar-refractivity contribution < 1.29 is 4.74 Å². The van der Waals surface area contributed by atoms with Crippen LogP contribution in [0.1, 0.15) is 11.9 Å². The normalized spacial score (nSPS) is 20.9. The lowest BCUT2D eigenvalue weighted by atomic mass is 10.4. The molecule has 4 nitrogen and oxygen atoms in total. The summed E-state index contributed by atoms with van der Waals surface area (Å²) in [5.41, 5.74) is 0.838. The maximum absolute atomic E-state index is 5.16. The van der Waals surface area contributed by atoms with Gasteiger partial charge in [-0.15, -0.1) is 0 Å². The molecule has 1 aromatic heterocycles. The molecule has 0 radical (unpaired) electrons. The third kappa shape index (κ3) is 1.14. The first kappa shape index (κ1) is 6.15. The van der Waals surface area contributed by atoms with Gasteiger partial charge in [-0.1, -0.05) is 0 Å². The first-order valence-electron chi connectivity index (χ1n) is 3.29. The van der Waals surface area contributed by atoms with E-state index in [4.69, 9.17) is 4.74 Å². The number of rotatable bonds is 1. The van der Waals surface area contributed by atoms with Crippen molar-refractivity contribution in [2.75, 3.05) is 0 Å². The monoisotopic (exact) mass is 149 g/mol. The molecule has 2 heterocycles. The topological polar surface area (TPSA) is 47.0 Å². The summed E-state index contributed by atoms with van der Waals surface area (Å²) in [6.45, 7) is 0. The van der Waals surface area contributed by atoms with Crippen LogP contribution in [0.25, 0.3) is 0 Å². The maximum atomic E-state index is 5.16. The van der Waals surface area contributed by atoms with Crippen LogP contribution < -0.4 is 5.32 Å². The lowest BCUT2D eigenvalue weighted by Crippen LogP contribution is -2.12. The molecule has 1 atom stereocenters. The number of hydrogen-bond acceptors (Lipinski definition) is 4. The minimum Gasteiger partial charge on any atom is -0.471 e. The molecule has 11 heavy (non-hydrogen) atoms. The summed E-state index contributed by atoms with van der Waals surface area (Å²) in [6, 6.07) is 1.81. The maximum Gasteiger partial charge on any atom is 0.212 e. The molecule has 2 rings (SSSR count). The van der Waals surface area contributed by atoms with Crippen LogP contribution in [0.4, 0.5) is 0 Å². The highest BCUT2D eigenvalue weighted by Gasteiger charge is 2.13. The van der Waals surface area contributed by atoms with Crippen molar-refractivity contribution >= 4 is 0 Å². The fraction of sp³-hybridized carbons (Fsp3) is 0.143. The second-order valence-electron chi connectivity index (χ2n) is 2.12. The molecule has 56 valence electrons. The van der Waals surface area contributed by atoms with Gasteiger partial charge in [0, 0.05) is 12.4 Å². The van der Waals surface area contributed by atoms with Crippen molar-refractivity contribution in [1.29, 1.82) is 0 Å². The van der Waals surface area contributed by atoms with Crippen LogP contribution >= 0.6 is 0 Å². The van der Waals surface area contributed by atoms with E-state index in [-0.39, 0.29) is 6.23 Å². The van der Waals surface area contributed by atoms with E-state index in [9.17, 15) is 0 Å². The van der Waals surface area contributed by atoms with Crippen LogP contribution in [0.5, 0.6) is 0 Å². The zero-order valence-electron chi connectivity index (χ0n) is 5.77. The molecular weight excluding hydrogens is 142 g/mol.